The van der Waals surface area contributed by atoms with Gasteiger partial charge in [-0.05, 0) is 41.9 Å². The van der Waals surface area contributed by atoms with Gasteiger partial charge in [0.1, 0.15) is 10.2 Å². The van der Waals surface area contributed by atoms with E-state index < -0.39 is 0 Å². The van der Waals surface area contributed by atoms with E-state index in [4.69, 9.17) is 11.6 Å². The van der Waals surface area contributed by atoms with Gasteiger partial charge in [-0.2, -0.15) is 4.37 Å². The quantitative estimate of drug-likeness (QED) is 0.705. The molecule has 0 bridgehead atoms. The minimum Gasteiger partial charge on any atom is -0.207 e. The molecule has 0 aliphatic heterocycles. The standard InChI is InChI=1S/C9H5ClFNS/c10-9-5-8(12-13-9)6-1-3-7(11)4-2-6/h1-5H. The van der Waals surface area contributed by atoms with Gasteiger partial charge >= 0.3 is 0 Å². The van der Waals surface area contributed by atoms with Crippen LogP contribution in [0.25, 0.3) is 11.3 Å². The minimum atomic E-state index is -0.245. The highest BCUT2D eigenvalue weighted by Gasteiger charge is 2.02. The Balaban J connectivity index is 2.41. The van der Waals surface area contributed by atoms with Crippen molar-refractivity contribution in [1.29, 1.82) is 0 Å². The monoisotopic (exact) mass is 213 g/mol. The van der Waals surface area contributed by atoms with Crippen LogP contribution in [0.1, 0.15) is 0 Å². The lowest BCUT2D eigenvalue weighted by atomic mass is 10.1. The lowest BCUT2D eigenvalue weighted by Gasteiger charge is -1.94. The molecule has 0 atom stereocenters. The summed E-state index contributed by atoms with van der Waals surface area (Å²) in [6, 6.07) is 7.94. The molecule has 13 heavy (non-hydrogen) atoms. The highest BCUT2D eigenvalue weighted by atomic mass is 35.5. The van der Waals surface area contributed by atoms with Crippen LogP contribution in [0.4, 0.5) is 4.39 Å². The van der Waals surface area contributed by atoms with E-state index in [1.807, 2.05) is 0 Å². The van der Waals surface area contributed by atoms with Crippen molar-refractivity contribution in [3.05, 3.63) is 40.5 Å². The largest absolute Gasteiger partial charge is 0.207 e. The lowest BCUT2D eigenvalue weighted by Crippen LogP contribution is -1.76. The first-order valence-electron chi connectivity index (χ1n) is 3.64. The van der Waals surface area contributed by atoms with Crippen molar-refractivity contribution >= 4 is 23.1 Å². The maximum absolute atomic E-state index is 12.6. The maximum atomic E-state index is 12.6. The van der Waals surface area contributed by atoms with Crippen LogP contribution in [0, 0.1) is 5.82 Å². The summed E-state index contributed by atoms with van der Waals surface area (Å²) >= 11 is 6.95. The fourth-order valence-corrected chi connectivity index (χ4v) is 1.72. The molecule has 0 fully saturated rings. The molecule has 1 aromatic heterocycles. The van der Waals surface area contributed by atoms with Crippen LogP contribution >= 0.6 is 23.1 Å². The van der Waals surface area contributed by atoms with Gasteiger partial charge < -0.3 is 0 Å². The smallest absolute Gasteiger partial charge is 0.123 e. The van der Waals surface area contributed by atoms with Crippen molar-refractivity contribution in [3.8, 4) is 11.3 Å². The van der Waals surface area contributed by atoms with E-state index >= 15 is 0 Å². The molecule has 0 aliphatic carbocycles. The molecule has 0 aliphatic rings. The number of rotatable bonds is 1. The van der Waals surface area contributed by atoms with Crippen LogP contribution in [0.2, 0.25) is 4.34 Å². The second kappa shape index (κ2) is 3.44. The summed E-state index contributed by atoms with van der Waals surface area (Å²) in [5.74, 6) is -0.245. The molecular weight excluding hydrogens is 209 g/mol. The fraction of sp³-hybridized carbons (Fsp3) is 0. The highest BCUT2D eigenvalue weighted by molar-refractivity contribution is 7.10. The van der Waals surface area contributed by atoms with Crippen LogP contribution in [0.15, 0.2) is 30.3 Å². The average Bonchev–Trinajstić information content (AvgIpc) is 2.53. The number of nitrogens with zero attached hydrogens (tertiary/aromatic N) is 1. The van der Waals surface area contributed by atoms with Gasteiger partial charge in [0.2, 0.25) is 0 Å². The number of hydrogen-bond acceptors (Lipinski definition) is 2. The molecule has 0 radical (unpaired) electrons. The SMILES string of the molecule is Fc1ccc(-c2cc(Cl)sn2)cc1. The van der Waals surface area contributed by atoms with E-state index in [9.17, 15) is 4.39 Å². The van der Waals surface area contributed by atoms with E-state index in [-0.39, 0.29) is 5.82 Å². The summed E-state index contributed by atoms with van der Waals surface area (Å²) in [6.07, 6.45) is 0. The molecular formula is C9H5ClFNS. The molecule has 0 amide bonds. The van der Waals surface area contributed by atoms with E-state index in [0.717, 1.165) is 11.3 Å². The Morgan fingerprint density at radius 1 is 1.23 bits per heavy atom. The summed E-state index contributed by atoms with van der Waals surface area (Å²) in [5.41, 5.74) is 1.67. The number of hydrogen-bond donors (Lipinski definition) is 0. The molecule has 1 aromatic carbocycles. The molecule has 0 saturated heterocycles. The van der Waals surface area contributed by atoms with Gasteiger partial charge in [0.25, 0.3) is 0 Å². The zero-order valence-corrected chi connectivity index (χ0v) is 8.07. The first-order chi connectivity index (χ1) is 6.25. The third-order valence-electron chi connectivity index (χ3n) is 1.62. The average molecular weight is 214 g/mol. The van der Waals surface area contributed by atoms with Crippen LogP contribution in [-0.4, -0.2) is 4.37 Å². The number of aromatic nitrogens is 1. The molecule has 1 heterocycles. The van der Waals surface area contributed by atoms with E-state index in [2.05, 4.69) is 4.37 Å². The van der Waals surface area contributed by atoms with Gasteiger partial charge in [-0.1, -0.05) is 11.6 Å². The zero-order chi connectivity index (χ0) is 9.26. The number of halogens is 2. The molecule has 0 spiro atoms. The second-order valence-electron chi connectivity index (χ2n) is 2.52. The Morgan fingerprint density at radius 2 is 1.92 bits per heavy atom. The second-order valence-corrected chi connectivity index (χ2v) is 3.96. The Labute approximate surface area is 84.0 Å². The fourth-order valence-electron chi connectivity index (χ4n) is 1.01. The molecule has 2 rings (SSSR count). The lowest BCUT2D eigenvalue weighted by molar-refractivity contribution is 0.628. The minimum absolute atomic E-state index is 0.245. The van der Waals surface area contributed by atoms with Crippen LogP contribution in [0.5, 0.6) is 0 Å². The Kier molecular flexibility index (Phi) is 2.29. The first-order valence-corrected chi connectivity index (χ1v) is 4.79. The molecule has 0 N–H and O–H groups in total. The molecule has 66 valence electrons. The molecule has 0 saturated carbocycles. The predicted molar refractivity (Wildman–Crippen MR) is 52.5 cm³/mol. The van der Waals surface area contributed by atoms with Crippen LogP contribution < -0.4 is 0 Å². The maximum Gasteiger partial charge on any atom is 0.123 e. The van der Waals surface area contributed by atoms with Gasteiger partial charge in [-0.3, -0.25) is 0 Å². The third-order valence-corrected chi connectivity index (χ3v) is 2.52. The predicted octanol–water partition coefficient (Wildman–Crippen LogP) is 3.60. The van der Waals surface area contributed by atoms with E-state index in [1.165, 1.54) is 23.7 Å². The van der Waals surface area contributed by atoms with E-state index in [1.54, 1.807) is 18.2 Å². The third kappa shape index (κ3) is 1.87. The zero-order valence-electron chi connectivity index (χ0n) is 6.50. The highest BCUT2D eigenvalue weighted by Crippen LogP contribution is 2.24. The summed E-state index contributed by atoms with van der Waals surface area (Å²) in [7, 11) is 0. The first kappa shape index (κ1) is 8.66. The van der Waals surface area contributed by atoms with Gasteiger partial charge in [0.15, 0.2) is 0 Å². The van der Waals surface area contributed by atoms with Gasteiger partial charge in [0, 0.05) is 5.56 Å². The normalized spacial score (nSPS) is 10.3. The Morgan fingerprint density at radius 3 is 2.46 bits per heavy atom. The molecule has 4 heteroatoms. The molecule has 1 nitrogen and oxygen atoms in total. The van der Waals surface area contributed by atoms with Crippen LogP contribution in [0.3, 0.4) is 0 Å². The topological polar surface area (TPSA) is 12.9 Å². The molecule has 2 aromatic rings. The van der Waals surface area contributed by atoms with Crippen LogP contribution in [-0.2, 0) is 0 Å². The molecule has 0 unspecified atom stereocenters. The Hall–Kier alpha value is -0.930. The summed E-state index contributed by atoms with van der Waals surface area (Å²) < 4.78 is 17.3. The van der Waals surface area contributed by atoms with Gasteiger partial charge in [0.05, 0.1) is 5.69 Å². The summed E-state index contributed by atoms with van der Waals surface area (Å²) in [6.45, 7) is 0. The van der Waals surface area contributed by atoms with Crippen molar-refractivity contribution in [2.75, 3.05) is 0 Å². The van der Waals surface area contributed by atoms with Crippen molar-refractivity contribution in [2.45, 2.75) is 0 Å². The summed E-state index contributed by atoms with van der Waals surface area (Å²) in [4.78, 5) is 0. The van der Waals surface area contributed by atoms with Crippen molar-refractivity contribution < 1.29 is 4.39 Å². The van der Waals surface area contributed by atoms with Gasteiger partial charge in [-0.15, -0.1) is 0 Å². The number of benzene rings is 1. The summed E-state index contributed by atoms with van der Waals surface area (Å²) in [5, 5.41) is 0. The van der Waals surface area contributed by atoms with Crippen molar-refractivity contribution in [3.63, 3.8) is 0 Å². The Bertz CT molecular complexity index is 410. The van der Waals surface area contributed by atoms with E-state index in [0.29, 0.717) is 4.34 Å². The van der Waals surface area contributed by atoms with Gasteiger partial charge in [-0.25, -0.2) is 4.39 Å². The van der Waals surface area contributed by atoms with Crippen molar-refractivity contribution in [1.82, 2.24) is 4.37 Å². The van der Waals surface area contributed by atoms with Crippen molar-refractivity contribution in [2.24, 2.45) is 0 Å².